The molecule has 0 saturated carbocycles. The minimum atomic E-state index is -0.352. The second kappa shape index (κ2) is 9.82. The lowest BCUT2D eigenvalue weighted by molar-refractivity contribution is -0.117. The summed E-state index contributed by atoms with van der Waals surface area (Å²) in [5, 5.41) is 15.2. The number of carbonyl (C=O) groups is 1. The van der Waals surface area contributed by atoms with E-state index in [1.165, 1.54) is 6.20 Å². The highest BCUT2D eigenvalue weighted by atomic mass is 16.5. The van der Waals surface area contributed by atoms with E-state index < -0.39 is 0 Å². The van der Waals surface area contributed by atoms with Crippen LogP contribution in [0.15, 0.2) is 30.0 Å². The van der Waals surface area contributed by atoms with Crippen LogP contribution in [-0.4, -0.2) is 50.2 Å². The Labute approximate surface area is 149 Å². The highest BCUT2D eigenvalue weighted by Crippen LogP contribution is 2.21. The molecule has 1 aromatic rings. The first-order valence-corrected chi connectivity index (χ1v) is 8.69. The van der Waals surface area contributed by atoms with Crippen LogP contribution >= 0.6 is 0 Å². The number of hydrogen-bond donors (Lipinski definition) is 2. The summed E-state index contributed by atoms with van der Waals surface area (Å²) in [6.45, 7) is 8.59. The van der Waals surface area contributed by atoms with Gasteiger partial charge in [0.2, 0.25) is 0 Å². The number of nitrogens with one attached hydrogen (secondary N) is 2. The lowest BCUT2D eigenvalue weighted by Gasteiger charge is -2.26. The first-order valence-electron chi connectivity index (χ1n) is 8.69. The van der Waals surface area contributed by atoms with Gasteiger partial charge >= 0.3 is 0 Å². The van der Waals surface area contributed by atoms with Crippen molar-refractivity contribution in [2.24, 2.45) is 0 Å². The van der Waals surface area contributed by atoms with Crippen molar-refractivity contribution in [1.82, 2.24) is 10.2 Å². The number of ether oxygens (including phenoxy) is 1. The predicted molar refractivity (Wildman–Crippen MR) is 98.1 cm³/mol. The van der Waals surface area contributed by atoms with Gasteiger partial charge in [-0.2, -0.15) is 5.26 Å². The van der Waals surface area contributed by atoms with E-state index in [1.54, 1.807) is 0 Å². The number of anilines is 1. The van der Waals surface area contributed by atoms with Gasteiger partial charge in [0.05, 0.1) is 13.2 Å². The molecule has 0 unspecified atom stereocenters. The molecule has 0 radical (unpaired) electrons. The van der Waals surface area contributed by atoms with Crippen LogP contribution in [0.2, 0.25) is 0 Å². The molecule has 6 nitrogen and oxygen atoms in total. The van der Waals surface area contributed by atoms with Crippen molar-refractivity contribution in [2.45, 2.75) is 20.3 Å². The number of morpholine rings is 1. The van der Waals surface area contributed by atoms with Crippen molar-refractivity contribution in [1.29, 1.82) is 5.26 Å². The van der Waals surface area contributed by atoms with Crippen LogP contribution in [0.25, 0.3) is 0 Å². The highest BCUT2D eigenvalue weighted by molar-refractivity contribution is 5.97. The molecule has 1 amide bonds. The summed E-state index contributed by atoms with van der Waals surface area (Å²) >= 11 is 0. The van der Waals surface area contributed by atoms with Gasteiger partial charge in [0.25, 0.3) is 5.91 Å². The Kier molecular flexibility index (Phi) is 7.45. The average Bonchev–Trinajstić information content (AvgIpc) is 2.64. The number of carbonyl (C=O) groups excluding carboxylic acids is 1. The molecule has 1 fully saturated rings. The Morgan fingerprint density at radius 2 is 2.16 bits per heavy atom. The minimum Gasteiger partial charge on any atom is -0.379 e. The molecule has 6 heteroatoms. The van der Waals surface area contributed by atoms with Crippen molar-refractivity contribution in [3.05, 3.63) is 41.1 Å². The lowest BCUT2D eigenvalue weighted by Crippen LogP contribution is -2.41. The van der Waals surface area contributed by atoms with Gasteiger partial charge < -0.3 is 15.4 Å². The van der Waals surface area contributed by atoms with E-state index in [9.17, 15) is 10.1 Å². The highest BCUT2D eigenvalue weighted by Gasteiger charge is 2.12. The fourth-order valence-electron chi connectivity index (χ4n) is 2.77. The van der Waals surface area contributed by atoms with E-state index in [0.717, 1.165) is 56.1 Å². The molecule has 0 atom stereocenters. The smallest absolute Gasteiger partial charge is 0.263 e. The van der Waals surface area contributed by atoms with Crippen LogP contribution < -0.4 is 10.6 Å². The fraction of sp³-hybridized carbons (Fsp3) is 0.474. The number of nitriles is 1. The maximum atomic E-state index is 12.2. The zero-order chi connectivity index (χ0) is 18.1. The SMILES string of the molecule is CCc1cccc(C)c1N/C=C(/C#N)C(=O)NCCN1CCOCC1. The molecule has 0 spiro atoms. The van der Waals surface area contributed by atoms with E-state index in [2.05, 4.69) is 22.5 Å². The Bertz CT molecular complexity index is 658. The largest absolute Gasteiger partial charge is 0.379 e. The normalized spacial score (nSPS) is 15.5. The van der Waals surface area contributed by atoms with Crippen LogP contribution in [-0.2, 0) is 16.0 Å². The van der Waals surface area contributed by atoms with Crippen LogP contribution in [0, 0.1) is 18.3 Å². The topological polar surface area (TPSA) is 77.4 Å². The van der Waals surface area contributed by atoms with Gasteiger partial charge in [-0.25, -0.2) is 0 Å². The molecule has 0 aromatic heterocycles. The number of hydrogen-bond acceptors (Lipinski definition) is 5. The molecule has 1 saturated heterocycles. The number of nitrogens with zero attached hydrogens (tertiary/aromatic N) is 2. The third-order valence-corrected chi connectivity index (χ3v) is 4.28. The minimum absolute atomic E-state index is 0.0762. The van der Waals surface area contributed by atoms with E-state index in [4.69, 9.17) is 4.74 Å². The van der Waals surface area contributed by atoms with Crippen LogP contribution in [0.5, 0.6) is 0 Å². The molecule has 0 aliphatic carbocycles. The van der Waals surface area contributed by atoms with Crippen molar-refractivity contribution in [3.8, 4) is 6.07 Å². The molecule has 2 N–H and O–H groups in total. The Morgan fingerprint density at radius 1 is 1.40 bits per heavy atom. The van der Waals surface area contributed by atoms with Gasteiger partial charge in [-0.15, -0.1) is 0 Å². The quantitative estimate of drug-likeness (QED) is 0.584. The van der Waals surface area contributed by atoms with Crippen molar-refractivity contribution >= 4 is 11.6 Å². The third kappa shape index (κ3) is 5.59. The average molecular weight is 342 g/mol. The maximum Gasteiger partial charge on any atom is 0.263 e. The Hall–Kier alpha value is -2.36. The monoisotopic (exact) mass is 342 g/mol. The molecule has 0 bridgehead atoms. The van der Waals surface area contributed by atoms with Crippen molar-refractivity contribution in [3.63, 3.8) is 0 Å². The molecule has 1 heterocycles. The van der Waals surface area contributed by atoms with E-state index >= 15 is 0 Å². The van der Waals surface area contributed by atoms with Gasteiger partial charge in [-0.3, -0.25) is 9.69 Å². The summed E-state index contributed by atoms with van der Waals surface area (Å²) in [6.07, 6.45) is 2.37. The second-order valence-electron chi connectivity index (χ2n) is 5.99. The van der Waals surface area contributed by atoms with Crippen LogP contribution in [0.3, 0.4) is 0 Å². The first kappa shape index (κ1) is 19.0. The summed E-state index contributed by atoms with van der Waals surface area (Å²) < 4.78 is 5.30. The molecular weight excluding hydrogens is 316 g/mol. The van der Waals surface area contributed by atoms with Crippen LogP contribution in [0.4, 0.5) is 5.69 Å². The number of aryl methyl sites for hydroxylation is 2. The Morgan fingerprint density at radius 3 is 2.84 bits per heavy atom. The summed E-state index contributed by atoms with van der Waals surface area (Å²) in [7, 11) is 0. The van der Waals surface area contributed by atoms with E-state index in [1.807, 2.05) is 31.2 Å². The van der Waals surface area contributed by atoms with Gasteiger partial charge in [-0.05, 0) is 24.5 Å². The molecule has 134 valence electrons. The van der Waals surface area contributed by atoms with Crippen LogP contribution in [0.1, 0.15) is 18.1 Å². The van der Waals surface area contributed by atoms with Crippen molar-refractivity contribution in [2.75, 3.05) is 44.7 Å². The number of rotatable bonds is 7. The molecule has 2 rings (SSSR count). The standard InChI is InChI=1S/C19H26N4O2/c1-3-16-6-4-5-15(2)18(16)22-14-17(13-20)19(24)21-7-8-23-9-11-25-12-10-23/h4-6,14,22H,3,7-12H2,1-2H3,(H,21,24)/b17-14-. The second-order valence-corrected chi connectivity index (χ2v) is 5.99. The number of para-hydroxylation sites is 1. The van der Waals surface area contributed by atoms with Crippen molar-refractivity contribution < 1.29 is 9.53 Å². The zero-order valence-corrected chi connectivity index (χ0v) is 15.0. The molecule has 1 aliphatic heterocycles. The van der Waals surface area contributed by atoms with Gasteiger partial charge in [-0.1, -0.05) is 25.1 Å². The summed E-state index contributed by atoms with van der Waals surface area (Å²) in [6, 6.07) is 8.02. The summed E-state index contributed by atoms with van der Waals surface area (Å²) in [5.74, 6) is -0.352. The predicted octanol–water partition coefficient (Wildman–Crippen LogP) is 1.83. The maximum absolute atomic E-state index is 12.2. The first-order chi connectivity index (χ1) is 12.2. The van der Waals surface area contributed by atoms with Gasteiger partial charge in [0, 0.05) is 38.1 Å². The summed E-state index contributed by atoms with van der Waals surface area (Å²) in [5.41, 5.74) is 3.27. The van der Waals surface area contributed by atoms with E-state index in [0.29, 0.717) is 6.54 Å². The molecule has 1 aliphatic rings. The van der Waals surface area contributed by atoms with Gasteiger partial charge in [0.1, 0.15) is 11.6 Å². The number of amides is 1. The van der Waals surface area contributed by atoms with E-state index in [-0.39, 0.29) is 11.5 Å². The lowest BCUT2D eigenvalue weighted by atomic mass is 10.1. The molecular formula is C19H26N4O2. The zero-order valence-electron chi connectivity index (χ0n) is 15.0. The fourth-order valence-corrected chi connectivity index (χ4v) is 2.77. The summed E-state index contributed by atoms with van der Waals surface area (Å²) in [4.78, 5) is 14.4. The number of benzene rings is 1. The molecule has 25 heavy (non-hydrogen) atoms. The Balaban J connectivity index is 1.91. The van der Waals surface area contributed by atoms with Gasteiger partial charge in [0.15, 0.2) is 0 Å². The molecule has 1 aromatic carbocycles. The third-order valence-electron chi connectivity index (χ3n) is 4.28.